The largest absolute Gasteiger partial charge is 1.00 e. The van der Waals surface area contributed by atoms with Gasteiger partial charge in [-0.15, -0.1) is 0 Å². The van der Waals surface area contributed by atoms with Crippen molar-refractivity contribution in [2.45, 2.75) is 13.2 Å². The average Bonchev–Trinajstić information content (AvgIpc) is 2.74. The van der Waals surface area contributed by atoms with E-state index in [2.05, 4.69) is 0 Å². The fourth-order valence-corrected chi connectivity index (χ4v) is 3.56. The molecule has 0 fully saturated rings. The van der Waals surface area contributed by atoms with Crippen molar-refractivity contribution in [3.63, 3.8) is 0 Å². The van der Waals surface area contributed by atoms with Crippen LogP contribution in [0.5, 0.6) is 11.5 Å². The van der Waals surface area contributed by atoms with Gasteiger partial charge in [0, 0.05) is 28.3 Å². The molecule has 0 saturated heterocycles. The second-order valence-electron chi connectivity index (χ2n) is 6.84. The molecule has 5 nitrogen and oxygen atoms in total. The molecule has 31 heavy (non-hydrogen) atoms. The van der Waals surface area contributed by atoms with E-state index in [1.165, 1.54) is 12.1 Å². The fraction of sp³-hybridized carbons (Fsp3) is 0.174. The molecular formula is C23H18ClFNNaO4. The number of rotatable bonds is 6. The van der Waals surface area contributed by atoms with Crippen LogP contribution in [0.15, 0.2) is 60.7 Å². The Bertz CT molecular complexity index is 1090. The van der Waals surface area contributed by atoms with Crippen LogP contribution in [0.25, 0.3) is 0 Å². The number of benzene rings is 3. The van der Waals surface area contributed by atoms with Gasteiger partial charge >= 0.3 is 29.6 Å². The van der Waals surface area contributed by atoms with Crippen LogP contribution in [-0.2, 0) is 13.2 Å². The Morgan fingerprint density at radius 3 is 2.71 bits per heavy atom. The normalized spacial score (nSPS) is 12.4. The zero-order valence-electron chi connectivity index (χ0n) is 16.9. The van der Waals surface area contributed by atoms with Gasteiger partial charge in [-0.05, 0) is 30.3 Å². The molecule has 1 aliphatic heterocycles. The number of carbonyl (C=O) groups is 1. The van der Waals surface area contributed by atoms with Gasteiger partial charge in [0.15, 0.2) is 5.75 Å². The number of fused-ring (bicyclic) bond motifs is 1. The molecule has 0 aliphatic carbocycles. The number of ether oxygens (including phenoxy) is 2. The van der Waals surface area contributed by atoms with Gasteiger partial charge in [0.2, 0.25) is 0 Å². The summed E-state index contributed by atoms with van der Waals surface area (Å²) in [6, 6.07) is 16.9. The first kappa shape index (κ1) is 23.4. The topological polar surface area (TPSA) is 61.8 Å². The van der Waals surface area contributed by atoms with Gasteiger partial charge in [-0.25, -0.2) is 4.39 Å². The smallest absolute Gasteiger partial charge is 0.545 e. The van der Waals surface area contributed by atoms with Gasteiger partial charge in [0.1, 0.15) is 24.8 Å². The number of hydrogen-bond donors (Lipinski definition) is 0. The minimum Gasteiger partial charge on any atom is -0.545 e. The number of aromatic carboxylic acids is 1. The minimum absolute atomic E-state index is 0. The third kappa shape index (κ3) is 5.33. The monoisotopic (exact) mass is 449 g/mol. The number of carboxylic acids is 1. The van der Waals surface area contributed by atoms with Crippen molar-refractivity contribution in [3.8, 4) is 11.5 Å². The number of halogens is 2. The Morgan fingerprint density at radius 2 is 1.94 bits per heavy atom. The van der Waals surface area contributed by atoms with Crippen LogP contribution in [0.1, 0.15) is 21.5 Å². The number of para-hydroxylation sites is 2. The maximum absolute atomic E-state index is 14.1. The van der Waals surface area contributed by atoms with Crippen LogP contribution in [0.3, 0.4) is 0 Å². The van der Waals surface area contributed by atoms with Crippen molar-refractivity contribution in [2.75, 3.05) is 18.1 Å². The molecule has 0 radical (unpaired) electrons. The van der Waals surface area contributed by atoms with Crippen molar-refractivity contribution in [2.24, 2.45) is 0 Å². The summed E-state index contributed by atoms with van der Waals surface area (Å²) in [4.78, 5) is 13.4. The average molecular weight is 450 g/mol. The maximum Gasteiger partial charge on any atom is 1.00 e. The zero-order valence-corrected chi connectivity index (χ0v) is 19.7. The molecule has 0 aromatic heterocycles. The van der Waals surface area contributed by atoms with Gasteiger partial charge in [0.25, 0.3) is 0 Å². The molecule has 0 atom stereocenters. The van der Waals surface area contributed by atoms with Gasteiger partial charge in [-0.3, -0.25) is 0 Å². The molecule has 0 amide bonds. The van der Waals surface area contributed by atoms with E-state index >= 15 is 0 Å². The molecule has 0 N–H and O–H groups in total. The fourth-order valence-electron chi connectivity index (χ4n) is 3.40. The summed E-state index contributed by atoms with van der Waals surface area (Å²) in [5, 5.41) is 11.7. The van der Waals surface area contributed by atoms with Crippen LogP contribution in [0.4, 0.5) is 10.1 Å². The van der Waals surface area contributed by atoms with Crippen molar-refractivity contribution in [1.82, 2.24) is 0 Å². The standard InChI is InChI=1S/C23H19ClFNO4.Na/c24-17-9-8-16(19(25)12-17)14-30-21-7-2-1-4-15(21)13-26-10-11-29-22-18(23(27)28)5-3-6-20(22)26;/h1-9,12H,10-11,13-14H2,(H,27,28);/q;+1/p-1. The summed E-state index contributed by atoms with van der Waals surface area (Å²) in [5.74, 6) is -0.763. The van der Waals surface area contributed by atoms with Crippen LogP contribution in [-0.4, -0.2) is 19.1 Å². The second kappa shape index (κ2) is 10.4. The first-order valence-corrected chi connectivity index (χ1v) is 9.77. The third-order valence-electron chi connectivity index (χ3n) is 4.89. The summed E-state index contributed by atoms with van der Waals surface area (Å²) in [7, 11) is 0. The van der Waals surface area contributed by atoms with Gasteiger partial charge in [-0.1, -0.05) is 41.9 Å². The summed E-state index contributed by atoms with van der Waals surface area (Å²) in [6.45, 7) is 1.49. The van der Waals surface area contributed by atoms with Crippen LogP contribution < -0.4 is 49.0 Å². The Kier molecular flexibility index (Phi) is 7.84. The molecule has 154 valence electrons. The number of anilines is 1. The van der Waals surface area contributed by atoms with E-state index in [-0.39, 0.29) is 41.7 Å². The molecule has 0 saturated carbocycles. The van der Waals surface area contributed by atoms with Crippen molar-refractivity contribution in [3.05, 3.63) is 88.2 Å². The first-order valence-electron chi connectivity index (χ1n) is 9.39. The van der Waals surface area contributed by atoms with E-state index in [9.17, 15) is 14.3 Å². The molecule has 3 aromatic carbocycles. The maximum atomic E-state index is 14.1. The second-order valence-corrected chi connectivity index (χ2v) is 7.28. The van der Waals surface area contributed by atoms with E-state index in [0.717, 1.165) is 5.56 Å². The quantitative estimate of drug-likeness (QED) is 0.522. The van der Waals surface area contributed by atoms with Crippen LogP contribution >= 0.6 is 11.6 Å². The predicted octanol–water partition coefficient (Wildman–Crippen LogP) is 0.825. The van der Waals surface area contributed by atoms with E-state index < -0.39 is 11.8 Å². The molecule has 8 heteroatoms. The molecule has 4 rings (SSSR count). The molecule has 0 unspecified atom stereocenters. The summed E-state index contributed by atoms with van der Waals surface area (Å²) < 4.78 is 25.5. The number of carboxylic acid groups (broad SMARTS) is 1. The van der Waals surface area contributed by atoms with E-state index in [4.69, 9.17) is 21.1 Å². The van der Waals surface area contributed by atoms with Crippen LogP contribution in [0.2, 0.25) is 5.02 Å². The SMILES string of the molecule is O=C([O-])c1cccc2c1OCCN2Cc1ccccc1OCc1ccc(Cl)cc1F.[Na+]. The Hall–Kier alpha value is -2.25. The van der Waals surface area contributed by atoms with Crippen LogP contribution in [0, 0.1) is 5.82 Å². The molecule has 3 aromatic rings. The van der Waals surface area contributed by atoms with Crippen molar-refractivity contribution >= 4 is 23.3 Å². The van der Waals surface area contributed by atoms with Gasteiger partial charge < -0.3 is 24.3 Å². The summed E-state index contributed by atoms with van der Waals surface area (Å²) >= 11 is 5.80. The van der Waals surface area contributed by atoms with E-state index in [0.29, 0.717) is 47.5 Å². The van der Waals surface area contributed by atoms with Crippen molar-refractivity contribution in [1.29, 1.82) is 0 Å². The number of hydrogen-bond acceptors (Lipinski definition) is 5. The molecule has 0 spiro atoms. The van der Waals surface area contributed by atoms with E-state index in [1.807, 2.05) is 35.2 Å². The van der Waals surface area contributed by atoms with Crippen molar-refractivity contribution < 1.29 is 53.3 Å². The minimum atomic E-state index is -1.28. The Labute approximate surface area is 206 Å². The Morgan fingerprint density at radius 1 is 1.13 bits per heavy atom. The van der Waals surface area contributed by atoms with Gasteiger partial charge in [0.05, 0.1) is 18.2 Å². The zero-order chi connectivity index (χ0) is 21.1. The summed E-state index contributed by atoms with van der Waals surface area (Å²) in [5.41, 5.74) is 2.00. The third-order valence-corrected chi connectivity index (χ3v) is 5.13. The predicted molar refractivity (Wildman–Crippen MR) is 110 cm³/mol. The van der Waals surface area contributed by atoms with Gasteiger partial charge in [-0.2, -0.15) is 0 Å². The number of nitrogens with zero attached hydrogens (tertiary/aromatic N) is 1. The molecule has 1 aliphatic rings. The number of carbonyl (C=O) groups excluding carboxylic acids is 1. The molecule has 0 bridgehead atoms. The Balaban J connectivity index is 0.00000272. The molecular weight excluding hydrogens is 432 g/mol. The molecule has 1 heterocycles. The summed E-state index contributed by atoms with van der Waals surface area (Å²) in [6.07, 6.45) is 0. The first-order chi connectivity index (χ1) is 14.5. The van der Waals surface area contributed by atoms with E-state index in [1.54, 1.807) is 18.2 Å².